The summed E-state index contributed by atoms with van der Waals surface area (Å²) in [7, 11) is 0. The first-order chi connectivity index (χ1) is 10.8. The third-order valence-electron chi connectivity index (χ3n) is 4.10. The molecule has 5 heteroatoms. The molecule has 0 amide bonds. The van der Waals surface area contributed by atoms with Gasteiger partial charge in [0.05, 0.1) is 22.2 Å². The molecule has 2 aromatic heterocycles. The molecule has 22 heavy (non-hydrogen) atoms. The quantitative estimate of drug-likeness (QED) is 0.547. The molecule has 110 valence electrons. The fourth-order valence-electron chi connectivity index (χ4n) is 3.08. The van der Waals surface area contributed by atoms with E-state index in [-0.39, 0.29) is 16.9 Å². The zero-order chi connectivity index (χ0) is 14.9. The van der Waals surface area contributed by atoms with Crippen molar-refractivity contribution in [3.63, 3.8) is 0 Å². The topological polar surface area (TPSA) is 49.8 Å². The summed E-state index contributed by atoms with van der Waals surface area (Å²) in [6.45, 7) is 0. The van der Waals surface area contributed by atoms with Crippen LogP contribution in [0.5, 0.6) is 0 Å². The summed E-state index contributed by atoms with van der Waals surface area (Å²) < 4.78 is 0. The maximum absolute atomic E-state index is 4.51. The third-order valence-corrected chi connectivity index (χ3v) is 4.90. The van der Waals surface area contributed by atoms with Gasteiger partial charge < -0.3 is 0 Å². The van der Waals surface area contributed by atoms with Crippen molar-refractivity contribution in [2.75, 3.05) is 0 Å². The zero-order valence-electron chi connectivity index (χ0n) is 11.8. The standard InChI is InChI=1S/C17H15BrN4/c18-17-15(16(21-22-17)14-7-3-4-9-19-14)12-8-10-20-13-6-2-1-5-11(12)13/h1-10,15-17,21-22H. The van der Waals surface area contributed by atoms with Gasteiger partial charge in [-0.1, -0.05) is 40.2 Å². The van der Waals surface area contributed by atoms with Crippen molar-refractivity contribution in [3.8, 4) is 0 Å². The van der Waals surface area contributed by atoms with Gasteiger partial charge in [0, 0.05) is 23.7 Å². The van der Waals surface area contributed by atoms with Gasteiger partial charge in [-0.05, 0) is 29.8 Å². The molecular weight excluding hydrogens is 340 g/mol. The van der Waals surface area contributed by atoms with E-state index in [0.717, 1.165) is 11.2 Å². The number of benzene rings is 1. The number of aromatic nitrogens is 2. The van der Waals surface area contributed by atoms with Crippen LogP contribution in [0.25, 0.3) is 10.9 Å². The van der Waals surface area contributed by atoms with Gasteiger partial charge in [-0.3, -0.25) is 9.97 Å². The lowest BCUT2D eigenvalue weighted by Crippen LogP contribution is -2.27. The van der Waals surface area contributed by atoms with Crippen LogP contribution in [0.1, 0.15) is 23.2 Å². The van der Waals surface area contributed by atoms with Crippen LogP contribution < -0.4 is 10.9 Å². The number of nitrogens with zero attached hydrogens (tertiary/aromatic N) is 2. The van der Waals surface area contributed by atoms with E-state index in [1.54, 1.807) is 0 Å². The molecule has 4 rings (SSSR count). The molecule has 4 nitrogen and oxygen atoms in total. The van der Waals surface area contributed by atoms with E-state index in [4.69, 9.17) is 0 Å². The highest BCUT2D eigenvalue weighted by molar-refractivity contribution is 9.09. The number of halogens is 1. The number of hydrogen-bond acceptors (Lipinski definition) is 4. The fraction of sp³-hybridized carbons (Fsp3) is 0.176. The van der Waals surface area contributed by atoms with Crippen molar-refractivity contribution in [2.45, 2.75) is 16.9 Å². The van der Waals surface area contributed by atoms with Gasteiger partial charge in [0.15, 0.2) is 0 Å². The van der Waals surface area contributed by atoms with Crippen molar-refractivity contribution in [3.05, 3.63) is 72.2 Å². The first kappa shape index (κ1) is 13.8. The lowest BCUT2D eigenvalue weighted by atomic mass is 9.89. The molecule has 1 aliphatic rings. The van der Waals surface area contributed by atoms with Crippen molar-refractivity contribution in [1.82, 2.24) is 20.8 Å². The van der Waals surface area contributed by atoms with Crippen LogP contribution >= 0.6 is 15.9 Å². The number of alkyl halides is 1. The minimum atomic E-state index is 0.108. The Kier molecular flexibility index (Phi) is 3.62. The molecule has 1 fully saturated rings. The number of rotatable bonds is 2. The van der Waals surface area contributed by atoms with E-state index in [9.17, 15) is 0 Å². The average molecular weight is 355 g/mol. The maximum Gasteiger partial charge on any atom is 0.0851 e. The second-order valence-corrected chi connectivity index (χ2v) is 6.35. The first-order valence-electron chi connectivity index (χ1n) is 7.24. The minimum absolute atomic E-state index is 0.108. The minimum Gasteiger partial charge on any atom is -0.260 e. The summed E-state index contributed by atoms with van der Waals surface area (Å²) in [5, 5.41) is 1.19. The summed E-state index contributed by atoms with van der Waals surface area (Å²) in [6, 6.07) is 16.5. The summed E-state index contributed by atoms with van der Waals surface area (Å²) in [4.78, 5) is 9.11. The molecule has 3 atom stereocenters. The van der Waals surface area contributed by atoms with Crippen molar-refractivity contribution in [1.29, 1.82) is 0 Å². The highest BCUT2D eigenvalue weighted by Gasteiger charge is 2.37. The second-order valence-electron chi connectivity index (χ2n) is 5.37. The largest absolute Gasteiger partial charge is 0.260 e. The molecule has 3 unspecified atom stereocenters. The van der Waals surface area contributed by atoms with Gasteiger partial charge in [0.1, 0.15) is 0 Å². The molecular formula is C17H15BrN4. The molecule has 1 saturated heterocycles. The van der Waals surface area contributed by atoms with E-state index in [1.807, 2.05) is 36.7 Å². The van der Waals surface area contributed by atoms with Crippen molar-refractivity contribution < 1.29 is 0 Å². The second kappa shape index (κ2) is 5.76. The normalized spacial score (nSPS) is 24.7. The summed E-state index contributed by atoms with van der Waals surface area (Å²) in [6.07, 6.45) is 3.71. The molecule has 3 aromatic rings. The lowest BCUT2D eigenvalue weighted by molar-refractivity contribution is 0.542. The molecule has 0 bridgehead atoms. The maximum atomic E-state index is 4.51. The van der Waals surface area contributed by atoms with Gasteiger partial charge in [-0.15, -0.1) is 0 Å². The molecule has 2 N–H and O–H groups in total. The van der Waals surface area contributed by atoms with Crippen LogP contribution in [0, 0.1) is 0 Å². The highest BCUT2D eigenvalue weighted by Crippen LogP contribution is 2.40. The fourth-order valence-corrected chi connectivity index (χ4v) is 3.80. The van der Waals surface area contributed by atoms with E-state index < -0.39 is 0 Å². The Bertz CT molecular complexity index is 788. The Labute approximate surface area is 137 Å². The van der Waals surface area contributed by atoms with E-state index >= 15 is 0 Å². The monoisotopic (exact) mass is 354 g/mol. The van der Waals surface area contributed by atoms with Gasteiger partial charge in [0.2, 0.25) is 0 Å². The smallest absolute Gasteiger partial charge is 0.0851 e. The molecule has 0 saturated carbocycles. The van der Waals surface area contributed by atoms with Crippen LogP contribution in [0.15, 0.2) is 60.9 Å². The Morgan fingerprint density at radius 2 is 1.73 bits per heavy atom. The number of hydrogen-bond donors (Lipinski definition) is 2. The number of hydrazine groups is 1. The van der Waals surface area contributed by atoms with Gasteiger partial charge >= 0.3 is 0 Å². The predicted molar refractivity (Wildman–Crippen MR) is 90.4 cm³/mol. The van der Waals surface area contributed by atoms with E-state index in [1.165, 1.54) is 10.9 Å². The van der Waals surface area contributed by atoms with E-state index in [2.05, 4.69) is 61.0 Å². The predicted octanol–water partition coefficient (Wildman–Crippen LogP) is 3.28. The lowest BCUT2D eigenvalue weighted by Gasteiger charge is -2.21. The van der Waals surface area contributed by atoms with Gasteiger partial charge in [0.25, 0.3) is 0 Å². The number of pyridine rings is 2. The van der Waals surface area contributed by atoms with Crippen LogP contribution in [0.4, 0.5) is 0 Å². The first-order valence-corrected chi connectivity index (χ1v) is 8.16. The highest BCUT2D eigenvalue weighted by atomic mass is 79.9. The Balaban J connectivity index is 1.84. The van der Waals surface area contributed by atoms with Crippen LogP contribution in [0.3, 0.4) is 0 Å². The summed E-state index contributed by atoms with van der Waals surface area (Å²) in [5.74, 6) is 0.225. The molecule has 1 aromatic carbocycles. The third kappa shape index (κ3) is 2.31. The number of para-hydroxylation sites is 1. The number of nitrogens with one attached hydrogen (secondary N) is 2. The van der Waals surface area contributed by atoms with Crippen LogP contribution in [0.2, 0.25) is 0 Å². The van der Waals surface area contributed by atoms with Crippen molar-refractivity contribution in [2.24, 2.45) is 0 Å². The summed E-state index contributed by atoms with van der Waals surface area (Å²) in [5.41, 5.74) is 9.96. The Morgan fingerprint density at radius 3 is 2.59 bits per heavy atom. The molecule has 0 radical (unpaired) electrons. The Morgan fingerprint density at radius 1 is 0.864 bits per heavy atom. The molecule has 3 heterocycles. The zero-order valence-corrected chi connectivity index (χ0v) is 13.4. The number of fused-ring (bicyclic) bond motifs is 1. The SMILES string of the molecule is BrC1NNC(c2ccccn2)C1c1ccnc2ccccc12. The van der Waals surface area contributed by atoms with Gasteiger partial charge in [-0.25, -0.2) is 10.9 Å². The van der Waals surface area contributed by atoms with Crippen LogP contribution in [-0.2, 0) is 0 Å². The molecule has 1 aliphatic heterocycles. The molecule has 0 aliphatic carbocycles. The van der Waals surface area contributed by atoms with Gasteiger partial charge in [-0.2, -0.15) is 0 Å². The average Bonchev–Trinajstić information content (AvgIpc) is 2.96. The van der Waals surface area contributed by atoms with Crippen molar-refractivity contribution >= 4 is 26.8 Å². The molecule has 0 spiro atoms. The van der Waals surface area contributed by atoms with E-state index in [0.29, 0.717) is 0 Å². The summed E-state index contributed by atoms with van der Waals surface area (Å²) >= 11 is 3.74. The Hall–Kier alpha value is -1.82. The van der Waals surface area contributed by atoms with Crippen LogP contribution in [-0.4, -0.2) is 14.9 Å².